The molecular formula is C14H12SSe. The van der Waals surface area contributed by atoms with E-state index in [0.717, 1.165) is 0 Å². The van der Waals surface area contributed by atoms with Gasteiger partial charge in [-0.2, -0.15) is 0 Å². The zero-order chi connectivity index (χ0) is 10.8. The van der Waals surface area contributed by atoms with Gasteiger partial charge in [-0.15, -0.1) is 0 Å². The number of benzene rings is 2. The minimum atomic E-state index is 0.702. The van der Waals surface area contributed by atoms with Crippen molar-refractivity contribution in [3.63, 3.8) is 0 Å². The molecule has 0 amide bonds. The molecule has 1 aliphatic heterocycles. The van der Waals surface area contributed by atoms with Crippen LogP contribution in [0.25, 0.3) is 0 Å². The molecule has 2 heteroatoms. The van der Waals surface area contributed by atoms with Crippen LogP contribution in [0.15, 0.2) is 58.3 Å². The van der Waals surface area contributed by atoms with Gasteiger partial charge in [-0.1, -0.05) is 0 Å². The van der Waals surface area contributed by atoms with Crippen LogP contribution in [0.3, 0.4) is 0 Å². The van der Waals surface area contributed by atoms with Gasteiger partial charge in [0, 0.05) is 0 Å². The first kappa shape index (κ1) is 10.5. The molecule has 3 rings (SSSR count). The van der Waals surface area contributed by atoms with Crippen molar-refractivity contribution in [3.8, 4) is 0 Å². The molecule has 0 nitrogen and oxygen atoms in total. The summed E-state index contributed by atoms with van der Waals surface area (Å²) in [7, 11) is 0. The van der Waals surface area contributed by atoms with Gasteiger partial charge in [0.05, 0.1) is 0 Å². The molecule has 0 aromatic heterocycles. The molecule has 16 heavy (non-hydrogen) atoms. The first-order valence-corrected chi connectivity index (χ1v) is 8.59. The van der Waals surface area contributed by atoms with Gasteiger partial charge in [-0.3, -0.25) is 0 Å². The van der Waals surface area contributed by atoms with Crippen LogP contribution in [-0.2, 0) is 10.6 Å². The van der Waals surface area contributed by atoms with Gasteiger partial charge in [-0.25, -0.2) is 0 Å². The first-order chi connectivity index (χ1) is 7.93. The maximum atomic E-state index is 2.28. The van der Waals surface area contributed by atoms with Crippen LogP contribution in [0.1, 0.15) is 11.1 Å². The summed E-state index contributed by atoms with van der Waals surface area (Å²) in [5, 5.41) is 2.54. The van der Waals surface area contributed by atoms with Crippen molar-refractivity contribution < 1.29 is 0 Å². The van der Waals surface area contributed by atoms with Crippen LogP contribution >= 0.6 is 11.8 Å². The zero-order valence-electron chi connectivity index (χ0n) is 8.85. The molecule has 2 aromatic carbocycles. The molecule has 1 heterocycles. The van der Waals surface area contributed by atoms with E-state index in [9.17, 15) is 0 Å². The summed E-state index contributed by atoms with van der Waals surface area (Å²) in [6.45, 7) is 0. The number of rotatable bonds is 0. The minimum absolute atomic E-state index is 0.702. The molecule has 80 valence electrons. The summed E-state index contributed by atoms with van der Waals surface area (Å²) in [5.41, 5.74) is 3.06. The quantitative estimate of drug-likeness (QED) is 0.669. The first-order valence-electron chi connectivity index (χ1n) is 5.35. The van der Waals surface area contributed by atoms with E-state index in [0.29, 0.717) is 15.0 Å². The SMILES string of the molecule is c1ccc2c(c1)C[Se]Cc1ccccc1S2. The molecule has 0 bridgehead atoms. The maximum absolute atomic E-state index is 2.28. The Hall–Kier alpha value is -0.691. The van der Waals surface area contributed by atoms with E-state index in [1.54, 1.807) is 0 Å². The molecular weight excluding hydrogens is 279 g/mol. The standard InChI is InChI=1S/C14H12SSe/c1-3-7-13-11(5-1)9-16-10-12-6-2-4-8-14(12)15-13/h1-8H,9-10H2. The molecule has 0 spiro atoms. The topological polar surface area (TPSA) is 0 Å². The normalized spacial score (nSPS) is 14.5. The van der Waals surface area contributed by atoms with Gasteiger partial charge in [0.25, 0.3) is 0 Å². The van der Waals surface area contributed by atoms with Crippen LogP contribution in [0, 0.1) is 0 Å². The molecule has 0 atom stereocenters. The molecule has 0 saturated carbocycles. The van der Waals surface area contributed by atoms with Gasteiger partial charge in [0.2, 0.25) is 0 Å². The molecule has 0 unspecified atom stereocenters. The third-order valence-electron chi connectivity index (χ3n) is 2.68. The third-order valence-corrected chi connectivity index (χ3v) is 6.08. The zero-order valence-corrected chi connectivity index (χ0v) is 11.4. The predicted molar refractivity (Wildman–Crippen MR) is 70.2 cm³/mol. The molecule has 0 saturated heterocycles. The fourth-order valence-electron chi connectivity index (χ4n) is 1.83. The molecule has 1 aliphatic rings. The second-order valence-corrected chi connectivity index (χ2v) is 6.96. The van der Waals surface area contributed by atoms with Gasteiger partial charge >= 0.3 is 107 Å². The Bertz CT molecular complexity index is 462. The Kier molecular flexibility index (Phi) is 3.05. The molecule has 0 aliphatic carbocycles. The van der Waals surface area contributed by atoms with Gasteiger partial charge < -0.3 is 0 Å². The van der Waals surface area contributed by atoms with Crippen molar-refractivity contribution in [3.05, 3.63) is 59.7 Å². The Morgan fingerprint density at radius 1 is 0.750 bits per heavy atom. The van der Waals surface area contributed by atoms with E-state index in [1.807, 2.05) is 11.8 Å². The van der Waals surface area contributed by atoms with E-state index in [2.05, 4.69) is 48.5 Å². The van der Waals surface area contributed by atoms with Crippen molar-refractivity contribution in [1.29, 1.82) is 0 Å². The van der Waals surface area contributed by atoms with Crippen molar-refractivity contribution in [1.82, 2.24) is 0 Å². The Morgan fingerprint density at radius 3 is 1.81 bits per heavy atom. The van der Waals surface area contributed by atoms with E-state index >= 15 is 0 Å². The van der Waals surface area contributed by atoms with Crippen molar-refractivity contribution in [2.75, 3.05) is 0 Å². The summed E-state index contributed by atoms with van der Waals surface area (Å²) in [4.78, 5) is 2.88. The Balaban J connectivity index is 2.06. The molecule has 0 radical (unpaired) electrons. The number of hydrogen-bond donors (Lipinski definition) is 0. The summed E-state index contributed by atoms with van der Waals surface area (Å²) >= 11 is 2.63. The van der Waals surface area contributed by atoms with Crippen molar-refractivity contribution in [2.45, 2.75) is 20.4 Å². The van der Waals surface area contributed by atoms with Crippen LogP contribution in [0.4, 0.5) is 0 Å². The van der Waals surface area contributed by atoms with E-state index in [4.69, 9.17) is 0 Å². The molecule has 0 N–H and O–H groups in total. The summed E-state index contributed by atoms with van der Waals surface area (Å²) < 4.78 is 0. The predicted octanol–water partition coefficient (Wildman–Crippen LogP) is 3.56. The Labute approximate surface area is 107 Å². The van der Waals surface area contributed by atoms with E-state index in [-0.39, 0.29) is 0 Å². The van der Waals surface area contributed by atoms with E-state index in [1.165, 1.54) is 31.6 Å². The van der Waals surface area contributed by atoms with E-state index < -0.39 is 0 Å². The monoisotopic (exact) mass is 292 g/mol. The van der Waals surface area contributed by atoms with Gasteiger partial charge in [-0.05, 0) is 0 Å². The van der Waals surface area contributed by atoms with Gasteiger partial charge in [0.15, 0.2) is 0 Å². The summed E-state index contributed by atoms with van der Waals surface area (Å²) in [6.07, 6.45) is 0. The fourth-order valence-corrected chi connectivity index (χ4v) is 5.51. The third kappa shape index (κ3) is 2.06. The second kappa shape index (κ2) is 4.67. The summed E-state index contributed by atoms with van der Waals surface area (Å²) in [6, 6.07) is 17.6. The average Bonchev–Trinajstić information content (AvgIpc) is 2.29. The second-order valence-electron chi connectivity index (χ2n) is 3.81. The van der Waals surface area contributed by atoms with Crippen molar-refractivity contribution in [2.24, 2.45) is 0 Å². The fraction of sp³-hybridized carbons (Fsp3) is 0.143. The van der Waals surface area contributed by atoms with Gasteiger partial charge in [0.1, 0.15) is 0 Å². The number of hydrogen-bond acceptors (Lipinski definition) is 1. The Morgan fingerprint density at radius 2 is 1.25 bits per heavy atom. The summed E-state index contributed by atoms with van der Waals surface area (Å²) in [5.74, 6) is 0. The average molecular weight is 291 g/mol. The molecule has 0 fully saturated rings. The van der Waals surface area contributed by atoms with Crippen LogP contribution in [-0.4, -0.2) is 15.0 Å². The van der Waals surface area contributed by atoms with Crippen molar-refractivity contribution >= 4 is 26.7 Å². The van der Waals surface area contributed by atoms with Crippen LogP contribution in [0.2, 0.25) is 0 Å². The number of fused-ring (bicyclic) bond motifs is 2. The van der Waals surface area contributed by atoms with Crippen LogP contribution in [0.5, 0.6) is 0 Å². The van der Waals surface area contributed by atoms with Crippen LogP contribution < -0.4 is 0 Å². The molecule has 2 aromatic rings.